The summed E-state index contributed by atoms with van der Waals surface area (Å²) in [5.41, 5.74) is 2.54. The Morgan fingerprint density at radius 2 is 1.86 bits per heavy atom. The Morgan fingerprint density at radius 1 is 1.10 bits per heavy atom. The Morgan fingerprint density at radius 3 is 2.57 bits per heavy atom. The molecule has 0 saturated heterocycles. The Balaban J connectivity index is 2.15. The zero-order valence-electron chi connectivity index (χ0n) is 11.9. The number of hydrogen-bond donors (Lipinski definition) is 1. The van der Waals surface area contributed by atoms with Crippen LogP contribution < -0.4 is 14.8 Å². The zero-order chi connectivity index (χ0) is 15.2. The maximum absolute atomic E-state index is 12.4. The fourth-order valence-corrected chi connectivity index (χ4v) is 2.01. The summed E-state index contributed by atoms with van der Waals surface area (Å²) in [6, 6.07) is 12.5. The molecule has 2 aromatic carbocycles. The lowest BCUT2D eigenvalue weighted by atomic mass is 10.1. The quantitative estimate of drug-likeness (QED) is 0.865. The molecule has 0 aliphatic rings. The summed E-state index contributed by atoms with van der Waals surface area (Å²) in [4.78, 5) is 0. The fourth-order valence-electron chi connectivity index (χ4n) is 2.01. The van der Waals surface area contributed by atoms with Gasteiger partial charge < -0.3 is 14.8 Å². The maximum atomic E-state index is 12.4. The molecule has 0 unspecified atom stereocenters. The number of aryl methyl sites for hydroxylation is 1. The Hall–Kier alpha value is -2.30. The van der Waals surface area contributed by atoms with Crippen LogP contribution in [0.15, 0.2) is 42.5 Å². The Kier molecular flexibility index (Phi) is 4.98. The average molecular weight is 293 g/mol. The molecule has 1 N–H and O–H groups in total. The van der Waals surface area contributed by atoms with Gasteiger partial charge in [0.1, 0.15) is 11.5 Å². The lowest BCUT2D eigenvalue weighted by molar-refractivity contribution is -0.0504. The van der Waals surface area contributed by atoms with Crippen molar-refractivity contribution in [3.05, 3.63) is 53.6 Å². The molecule has 0 spiro atoms. The molecule has 21 heavy (non-hydrogen) atoms. The molecule has 0 saturated carbocycles. The highest BCUT2D eigenvalue weighted by Crippen LogP contribution is 2.27. The minimum Gasteiger partial charge on any atom is -0.495 e. The summed E-state index contributed by atoms with van der Waals surface area (Å²) in [5, 5.41) is 3.19. The highest BCUT2D eigenvalue weighted by Gasteiger charge is 2.10. The molecule has 5 heteroatoms. The average Bonchev–Trinajstić information content (AvgIpc) is 2.46. The van der Waals surface area contributed by atoms with Gasteiger partial charge in [-0.3, -0.25) is 0 Å². The number of hydrogen-bond acceptors (Lipinski definition) is 3. The molecule has 0 heterocycles. The number of anilines is 1. The molecule has 0 amide bonds. The van der Waals surface area contributed by atoms with E-state index in [0.717, 1.165) is 11.3 Å². The van der Waals surface area contributed by atoms with E-state index in [1.54, 1.807) is 25.3 Å². The van der Waals surface area contributed by atoms with Crippen LogP contribution in [-0.2, 0) is 6.54 Å². The third-order valence-electron chi connectivity index (χ3n) is 3.01. The first-order valence-electron chi connectivity index (χ1n) is 6.51. The van der Waals surface area contributed by atoms with E-state index >= 15 is 0 Å². The monoisotopic (exact) mass is 293 g/mol. The van der Waals surface area contributed by atoms with Crippen molar-refractivity contribution in [2.24, 2.45) is 0 Å². The summed E-state index contributed by atoms with van der Waals surface area (Å²) in [7, 11) is 1.59. The zero-order valence-corrected chi connectivity index (χ0v) is 11.9. The van der Waals surface area contributed by atoms with Crippen molar-refractivity contribution >= 4 is 5.69 Å². The van der Waals surface area contributed by atoms with Crippen LogP contribution in [0.25, 0.3) is 0 Å². The number of benzene rings is 2. The smallest absolute Gasteiger partial charge is 0.387 e. The molecule has 0 aliphatic carbocycles. The second-order valence-corrected chi connectivity index (χ2v) is 4.54. The standard InChI is InChI=1S/C16H17F2NO2/c1-11-7-8-15(20-2)13(9-11)19-10-12-5-3-4-6-14(12)21-16(17)18/h3-9,16,19H,10H2,1-2H3. The van der Waals surface area contributed by atoms with Crippen molar-refractivity contribution < 1.29 is 18.3 Å². The summed E-state index contributed by atoms with van der Waals surface area (Å²) in [6.45, 7) is -0.499. The van der Waals surface area contributed by atoms with E-state index in [9.17, 15) is 8.78 Å². The Bertz CT molecular complexity index is 603. The van der Waals surface area contributed by atoms with E-state index in [4.69, 9.17) is 4.74 Å². The number of methoxy groups -OCH3 is 1. The van der Waals surface area contributed by atoms with Gasteiger partial charge in [0, 0.05) is 12.1 Å². The largest absolute Gasteiger partial charge is 0.495 e. The van der Waals surface area contributed by atoms with Gasteiger partial charge >= 0.3 is 6.61 Å². The first kappa shape index (κ1) is 15.1. The first-order chi connectivity index (χ1) is 10.1. The maximum Gasteiger partial charge on any atom is 0.387 e. The third kappa shape index (κ3) is 4.08. The topological polar surface area (TPSA) is 30.5 Å². The first-order valence-corrected chi connectivity index (χ1v) is 6.51. The van der Waals surface area contributed by atoms with Crippen LogP contribution >= 0.6 is 0 Å². The number of ether oxygens (including phenoxy) is 2. The van der Waals surface area contributed by atoms with Crippen molar-refractivity contribution in [3.8, 4) is 11.5 Å². The van der Waals surface area contributed by atoms with Gasteiger partial charge in [-0.2, -0.15) is 8.78 Å². The molecule has 0 fully saturated rings. The highest BCUT2D eigenvalue weighted by molar-refractivity contribution is 5.58. The van der Waals surface area contributed by atoms with Crippen LogP contribution in [0.2, 0.25) is 0 Å². The predicted octanol–water partition coefficient (Wildman–Crippen LogP) is 4.22. The van der Waals surface area contributed by atoms with Crippen molar-refractivity contribution in [2.45, 2.75) is 20.1 Å². The molecule has 0 radical (unpaired) electrons. The normalized spacial score (nSPS) is 10.5. The van der Waals surface area contributed by atoms with Crippen LogP contribution in [0.3, 0.4) is 0 Å². The van der Waals surface area contributed by atoms with Gasteiger partial charge in [-0.15, -0.1) is 0 Å². The lowest BCUT2D eigenvalue weighted by Gasteiger charge is -2.14. The number of halogens is 2. The summed E-state index contributed by atoms with van der Waals surface area (Å²) in [6.07, 6.45) is 0. The van der Waals surface area contributed by atoms with Gasteiger partial charge in [-0.05, 0) is 30.7 Å². The predicted molar refractivity (Wildman–Crippen MR) is 78.1 cm³/mol. The van der Waals surface area contributed by atoms with E-state index in [1.807, 2.05) is 25.1 Å². The minimum absolute atomic E-state index is 0.173. The van der Waals surface area contributed by atoms with Crippen molar-refractivity contribution in [3.63, 3.8) is 0 Å². The molecular formula is C16H17F2NO2. The number of rotatable bonds is 6. The van der Waals surface area contributed by atoms with Gasteiger partial charge in [0.2, 0.25) is 0 Å². The number of para-hydroxylation sites is 1. The molecule has 0 aliphatic heterocycles. The van der Waals surface area contributed by atoms with Crippen molar-refractivity contribution in [2.75, 3.05) is 12.4 Å². The molecule has 0 bridgehead atoms. The van der Waals surface area contributed by atoms with Gasteiger partial charge in [0.15, 0.2) is 0 Å². The van der Waals surface area contributed by atoms with Crippen LogP contribution in [0.5, 0.6) is 11.5 Å². The molecule has 112 valence electrons. The van der Waals surface area contributed by atoms with Crippen LogP contribution in [0.1, 0.15) is 11.1 Å². The van der Waals surface area contributed by atoms with E-state index < -0.39 is 6.61 Å². The summed E-state index contributed by atoms with van der Waals surface area (Å²) in [5.74, 6) is 0.875. The van der Waals surface area contributed by atoms with Crippen LogP contribution in [0.4, 0.5) is 14.5 Å². The van der Waals surface area contributed by atoms with E-state index in [1.165, 1.54) is 6.07 Å². The SMILES string of the molecule is COc1ccc(C)cc1NCc1ccccc1OC(F)F. The van der Waals surface area contributed by atoms with Gasteiger partial charge in [-0.1, -0.05) is 24.3 Å². The molecule has 0 aromatic heterocycles. The fraction of sp³-hybridized carbons (Fsp3) is 0.250. The second kappa shape index (κ2) is 6.92. The van der Waals surface area contributed by atoms with E-state index in [0.29, 0.717) is 17.9 Å². The number of nitrogens with one attached hydrogen (secondary N) is 1. The van der Waals surface area contributed by atoms with E-state index in [-0.39, 0.29) is 5.75 Å². The van der Waals surface area contributed by atoms with Gasteiger partial charge in [0.05, 0.1) is 12.8 Å². The van der Waals surface area contributed by atoms with Gasteiger partial charge in [-0.25, -0.2) is 0 Å². The van der Waals surface area contributed by atoms with Crippen LogP contribution in [0, 0.1) is 6.92 Å². The van der Waals surface area contributed by atoms with Crippen molar-refractivity contribution in [1.29, 1.82) is 0 Å². The molecular weight excluding hydrogens is 276 g/mol. The van der Waals surface area contributed by atoms with E-state index in [2.05, 4.69) is 10.1 Å². The molecule has 0 atom stereocenters. The summed E-state index contributed by atoms with van der Waals surface area (Å²) < 4.78 is 34.5. The number of alkyl halides is 2. The highest BCUT2D eigenvalue weighted by atomic mass is 19.3. The van der Waals surface area contributed by atoms with Crippen LogP contribution in [-0.4, -0.2) is 13.7 Å². The lowest BCUT2D eigenvalue weighted by Crippen LogP contribution is -2.07. The summed E-state index contributed by atoms with van der Waals surface area (Å²) >= 11 is 0. The van der Waals surface area contributed by atoms with Gasteiger partial charge in [0.25, 0.3) is 0 Å². The van der Waals surface area contributed by atoms with Crippen molar-refractivity contribution in [1.82, 2.24) is 0 Å². The molecule has 2 rings (SSSR count). The Labute approximate surface area is 122 Å². The molecule has 2 aromatic rings. The third-order valence-corrected chi connectivity index (χ3v) is 3.01. The molecule has 3 nitrogen and oxygen atoms in total. The minimum atomic E-state index is -2.83. The second-order valence-electron chi connectivity index (χ2n) is 4.54.